The molecular weight excluding hydrogens is 294 g/mol. The molecule has 1 amide bonds. The Morgan fingerprint density at radius 1 is 1.29 bits per heavy atom. The highest BCUT2D eigenvalue weighted by Gasteiger charge is 2.19. The van der Waals surface area contributed by atoms with Gasteiger partial charge in [-0.1, -0.05) is 23.7 Å². The van der Waals surface area contributed by atoms with E-state index >= 15 is 0 Å². The average Bonchev–Trinajstić information content (AvgIpc) is 2.47. The van der Waals surface area contributed by atoms with Gasteiger partial charge in [-0.2, -0.15) is 0 Å². The Bertz CT molecular complexity index is 649. The van der Waals surface area contributed by atoms with Crippen molar-refractivity contribution in [2.75, 3.05) is 0 Å². The van der Waals surface area contributed by atoms with Crippen molar-refractivity contribution in [3.8, 4) is 0 Å². The molecule has 0 aliphatic rings. The van der Waals surface area contributed by atoms with E-state index in [1.165, 1.54) is 18.7 Å². The van der Waals surface area contributed by atoms with Crippen molar-refractivity contribution >= 4 is 23.5 Å². The summed E-state index contributed by atoms with van der Waals surface area (Å²) in [5.74, 6) is -1.47. The fourth-order valence-corrected chi connectivity index (χ4v) is 2.01. The van der Waals surface area contributed by atoms with E-state index in [2.05, 4.69) is 15.3 Å². The summed E-state index contributed by atoms with van der Waals surface area (Å²) in [5.41, 5.74) is 0.880. The first-order valence-corrected chi connectivity index (χ1v) is 6.47. The number of hydrogen-bond acceptors (Lipinski definition) is 4. The van der Waals surface area contributed by atoms with Crippen LogP contribution in [0.5, 0.6) is 0 Å². The molecule has 6 nitrogen and oxygen atoms in total. The number of aromatic nitrogens is 2. The van der Waals surface area contributed by atoms with Crippen molar-refractivity contribution < 1.29 is 14.7 Å². The number of aliphatic carboxylic acids is 1. The molecule has 0 aliphatic carbocycles. The molecule has 0 saturated carbocycles. The molecule has 1 heterocycles. The molecule has 1 unspecified atom stereocenters. The molecule has 0 saturated heterocycles. The van der Waals surface area contributed by atoms with Crippen LogP contribution in [0, 0.1) is 0 Å². The van der Waals surface area contributed by atoms with Gasteiger partial charge in [0.25, 0.3) is 5.91 Å². The maximum absolute atomic E-state index is 12.1. The molecule has 2 rings (SSSR count). The SMILES string of the molecule is O=C(O)CC(NC(=O)c1cncnc1)c1cccc(Cl)c1. The number of halogens is 1. The molecule has 0 radical (unpaired) electrons. The van der Waals surface area contributed by atoms with E-state index in [4.69, 9.17) is 16.7 Å². The third-order valence-electron chi connectivity index (χ3n) is 2.76. The zero-order chi connectivity index (χ0) is 15.2. The molecule has 0 spiro atoms. The van der Waals surface area contributed by atoms with E-state index < -0.39 is 17.9 Å². The van der Waals surface area contributed by atoms with Gasteiger partial charge in [0.05, 0.1) is 18.0 Å². The summed E-state index contributed by atoms with van der Waals surface area (Å²) in [7, 11) is 0. The van der Waals surface area contributed by atoms with E-state index in [0.29, 0.717) is 10.6 Å². The van der Waals surface area contributed by atoms with Gasteiger partial charge in [-0.3, -0.25) is 9.59 Å². The van der Waals surface area contributed by atoms with Gasteiger partial charge < -0.3 is 10.4 Å². The van der Waals surface area contributed by atoms with Crippen molar-refractivity contribution in [1.82, 2.24) is 15.3 Å². The standard InChI is InChI=1S/C14H12ClN3O3/c15-11-3-1-2-9(4-11)12(5-13(19)20)18-14(21)10-6-16-8-17-7-10/h1-4,6-8,12H,5H2,(H,18,21)(H,19,20). The summed E-state index contributed by atoms with van der Waals surface area (Å²) in [6, 6.07) is 6.02. The van der Waals surface area contributed by atoms with Crippen molar-refractivity contribution in [1.29, 1.82) is 0 Å². The Morgan fingerprint density at radius 2 is 2.00 bits per heavy atom. The van der Waals surface area contributed by atoms with Crippen LogP contribution in [-0.4, -0.2) is 27.0 Å². The zero-order valence-corrected chi connectivity index (χ0v) is 11.6. The van der Waals surface area contributed by atoms with Crippen LogP contribution >= 0.6 is 11.6 Å². The Hall–Kier alpha value is -2.47. The second-order valence-electron chi connectivity index (χ2n) is 4.31. The van der Waals surface area contributed by atoms with Crippen LogP contribution in [0.15, 0.2) is 43.0 Å². The molecule has 2 N–H and O–H groups in total. The summed E-state index contributed by atoms with van der Waals surface area (Å²) < 4.78 is 0. The van der Waals surface area contributed by atoms with Crippen LogP contribution in [0.2, 0.25) is 5.02 Å². The van der Waals surface area contributed by atoms with Crippen LogP contribution in [0.1, 0.15) is 28.4 Å². The lowest BCUT2D eigenvalue weighted by atomic mass is 10.0. The van der Waals surface area contributed by atoms with Gasteiger partial charge in [-0.05, 0) is 17.7 Å². The normalized spacial score (nSPS) is 11.7. The summed E-state index contributed by atoms with van der Waals surface area (Å²) in [4.78, 5) is 30.6. The largest absolute Gasteiger partial charge is 0.481 e. The lowest BCUT2D eigenvalue weighted by Crippen LogP contribution is -2.30. The summed E-state index contributed by atoms with van der Waals surface area (Å²) in [5, 5.41) is 12.1. The van der Waals surface area contributed by atoms with Gasteiger partial charge in [-0.15, -0.1) is 0 Å². The maximum Gasteiger partial charge on any atom is 0.305 e. The van der Waals surface area contributed by atoms with Crippen LogP contribution < -0.4 is 5.32 Å². The minimum Gasteiger partial charge on any atom is -0.481 e. The number of carbonyl (C=O) groups is 2. The van der Waals surface area contributed by atoms with Crippen LogP contribution in [0.3, 0.4) is 0 Å². The van der Waals surface area contributed by atoms with E-state index in [1.54, 1.807) is 24.3 Å². The van der Waals surface area contributed by atoms with Gasteiger partial charge in [0.15, 0.2) is 0 Å². The van der Waals surface area contributed by atoms with Gasteiger partial charge in [0, 0.05) is 17.4 Å². The van der Waals surface area contributed by atoms with Crippen LogP contribution in [0.25, 0.3) is 0 Å². The van der Waals surface area contributed by atoms with Crippen molar-refractivity contribution in [3.05, 3.63) is 59.1 Å². The van der Waals surface area contributed by atoms with E-state index in [1.807, 2.05) is 0 Å². The Kier molecular flexibility index (Phi) is 4.84. The molecule has 2 aromatic rings. The van der Waals surface area contributed by atoms with Gasteiger partial charge in [0.2, 0.25) is 0 Å². The number of carboxylic acids is 1. The third kappa shape index (κ3) is 4.25. The molecule has 7 heteroatoms. The molecule has 0 bridgehead atoms. The summed E-state index contributed by atoms with van der Waals surface area (Å²) in [6.45, 7) is 0. The van der Waals surface area contributed by atoms with E-state index in [9.17, 15) is 9.59 Å². The summed E-state index contributed by atoms with van der Waals surface area (Å²) >= 11 is 5.90. The fraction of sp³-hybridized carbons (Fsp3) is 0.143. The quantitative estimate of drug-likeness (QED) is 0.882. The highest BCUT2D eigenvalue weighted by atomic mass is 35.5. The molecule has 1 aromatic carbocycles. The van der Waals surface area contributed by atoms with Crippen molar-refractivity contribution in [2.24, 2.45) is 0 Å². The highest BCUT2D eigenvalue weighted by Crippen LogP contribution is 2.21. The first kappa shape index (κ1) is 14.9. The number of carbonyl (C=O) groups excluding carboxylic acids is 1. The second kappa shape index (κ2) is 6.81. The maximum atomic E-state index is 12.1. The number of nitrogens with one attached hydrogen (secondary N) is 1. The summed E-state index contributed by atoms with van der Waals surface area (Å²) in [6.07, 6.45) is 3.78. The molecular formula is C14H12ClN3O3. The smallest absolute Gasteiger partial charge is 0.305 e. The van der Waals surface area contributed by atoms with E-state index in [-0.39, 0.29) is 12.0 Å². The number of carboxylic acid groups (broad SMARTS) is 1. The minimum absolute atomic E-state index is 0.250. The highest BCUT2D eigenvalue weighted by molar-refractivity contribution is 6.30. The lowest BCUT2D eigenvalue weighted by molar-refractivity contribution is -0.137. The number of nitrogens with zero attached hydrogens (tertiary/aromatic N) is 2. The molecule has 21 heavy (non-hydrogen) atoms. The number of amides is 1. The van der Waals surface area contributed by atoms with Crippen molar-refractivity contribution in [2.45, 2.75) is 12.5 Å². The van der Waals surface area contributed by atoms with Crippen LogP contribution in [0.4, 0.5) is 0 Å². The van der Waals surface area contributed by atoms with Gasteiger partial charge >= 0.3 is 5.97 Å². The topological polar surface area (TPSA) is 92.2 Å². The van der Waals surface area contributed by atoms with Gasteiger partial charge in [-0.25, -0.2) is 9.97 Å². The third-order valence-corrected chi connectivity index (χ3v) is 2.99. The molecule has 0 aliphatic heterocycles. The number of rotatable bonds is 5. The Morgan fingerprint density at radius 3 is 2.62 bits per heavy atom. The monoisotopic (exact) mass is 305 g/mol. The Balaban J connectivity index is 2.21. The number of hydrogen-bond donors (Lipinski definition) is 2. The molecule has 0 fully saturated rings. The van der Waals surface area contributed by atoms with E-state index in [0.717, 1.165) is 0 Å². The fourth-order valence-electron chi connectivity index (χ4n) is 1.81. The lowest BCUT2D eigenvalue weighted by Gasteiger charge is -2.17. The van der Waals surface area contributed by atoms with Gasteiger partial charge in [0.1, 0.15) is 6.33 Å². The Labute approximate surface area is 125 Å². The molecule has 1 aromatic heterocycles. The molecule has 108 valence electrons. The van der Waals surface area contributed by atoms with Crippen LogP contribution in [-0.2, 0) is 4.79 Å². The van der Waals surface area contributed by atoms with Crippen molar-refractivity contribution in [3.63, 3.8) is 0 Å². The molecule has 1 atom stereocenters. The second-order valence-corrected chi connectivity index (χ2v) is 4.74. The first-order chi connectivity index (χ1) is 10.1. The minimum atomic E-state index is -1.02. The number of benzene rings is 1. The average molecular weight is 306 g/mol. The first-order valence-electron chi connectivity index (χ1n) is 6.09. The predicted octanol–water partition coefficient (Wildman–Crippen LogP) is 2.08. The predicted molar refractivity (Wildman–Crippen MR) is 75.9 cm³/mol. The zero-order valence-electron chi connectivity index (χ0n) is 10.9.